The van der Waals surface area contributed by atoms with Crippen LogP contribution in [0.4, 0.5) is 0 Å². The van der Waals surface area contributed by atoms with Gasteiger partial charge in [0, 0.05) is 12.1 Å². The van der Waals surface area contributed by atoms with E-state index in [-0.39, 0.29) is 17.0 Å². The van der Waals surface area contributed by atoms with Crippen molar-refractivity contribution in [1.29, 1.82) is 0 Å². The molecule has 1 aromatic carbocycles. The quantitative estimate of drug-likeness (QED) is 0.449. The maximum atomic E-state index is 9.33. The van der Waals surface area contributed by atoms with Crippen molar-refractivity contribution in [3.05, 3.63) is 23.8 Å². The number of aromatic hydroxyl groups is 2. The van der Waals surface area contributed by atoms with Crippen molar-refractivity contribution in [2.24, 2.45) is 5.73 Å². The van der Waals surface area contributed by atoms with Crippen LogP contribution in [0, 0.1) is 0 Å². The van der Waals surface area contributed by atoms with Crippen molar-refractivity contribution >= 4 is 0 Å². The molecule has 4 nitrogen and oxygen atoms in total. The highest BCUT2D eigenvalue weighted by Gasteiger charge is 2.14. The molecule has 0 saturated carbocycles. The van der Waals surface area contributed by atoms with Crippen LogP contribution in [0.5, 0.6) is 11.5 Å². The molecule has 0 radical (unpaired) electrons. The SMILES string of the molecule is CCC(C)(N)CCNCc1ccc(O)c(O)c1. The van der Waals surface area contributed by atoms with Crippen LogP contribution in [0.15, 0.2) is 18.2 Å². The third kappa shape index (κ3) is 4.63. The van der Waals surface area contributed by atoms with Crippen molar-refractivity contribution in [3.8, 4) is 11.5 Å². The molecule has 0 saturated heterocycles. The molecule has 1 unspecified atom stereocenters. The van der Waals surface area contributed by atoms with Crippen LogP contribution in [0.25, 0.3) is 0 Å². The first kappa shape index (κ1) is 13.8. The minimum atomic E-state index is -0.121. The fraction of sp³-hybridized carbons (Fsp3) is 0.538. The summed E-state index contributed by atoms with van der Waals surface area (Å²) in [6.07, 6.45) is 1.86. The largest absolute Gasteiger partial charge is 0.504 e. The normalized spacial score (nSPS) is 14.5. The molecule has 4 heteroatoms. The third-order valence-electron chi connectivity index (χ3n) is 3.05. The van der Waals surface area contributed by atoms with Gasteiger partial charge in [-0.05, 0) is 44.0 Å². The molecular formula is C13H22N2O2. The van der Waals surface area contributed by atoms with Gasteiger partial charge in [-0.3, -0.25) is 0 Å². The Morgan fingerprint density at radius 2 is 2.00 bits per heavy atom. The summed E-state index contributed by atoms with van der Waals surface area (Å²) in [7, 11) is 0. The Balaban J connectivity index is 2.34. The highest BCUT2D eigenvalue weighted by atomic mass is 16.3. The van der Waals surface area contributed by atoms with Gasteiger partial charge in [0.15, 0.2) is 11.5 Å². The van der Waals surface area contributed by atoms with E-state index in [0.717, 1.165) is 24.9 Å². The lowest BCUT2D eigenvalue weighted by atomic mass is 9.96. The Labute approximate surface area is 102 Å². The summed E-state index contributed by atoms with van der Waals surface area (Å²) in [5, 5.41) is 21.8. The van der Waals surface area contributed by atoms with Crippen LogP contribution in [0.1, 0.15) is 32.3 Å². The van der Waals surface area contributed by atoms with E-state index < -0.39 is 0 Å². The minimum Gasteiger partial charge on any atom is -0.504 e. The molecular weight excluding hydrogens is 216 g/mol. The molecule has 0 aliphatic carbocycles. The lowest BCUT2D eigenvalue weighted by Gasteiger charge is -2.22. The highest BCUT2D eigenvalue weighted by Crippen LogP contribution is 2.24. The summed E-state index contributed by atoms with van der Waals surface area (Å²) < 4.78 is 0. The Morgan fingerprint density at radius 1 is 1.29 bits per heavy atom. The smallest absolute Gasteiger partial charge is 0.157 e. The van der Waals surface area contributed by atoms with Gasteiger partial charge in [0.05, 0.1) is 0 Å². The van der Waals surface area contributed by atoms with E-state index in [0.29, 0.717) is 6.54 Å². The van der Waals surface area contributed by atoms with Crippen LogP contribution in [0.3, 0.4) is 0 Å². The van der Waals surface area contributed by atoms with Crippen molar-refractivity contribution < 1.29 is 10.2 Å². The van der Waals surface area contributed by atoms with Gasteiger partial charge in [-0.25, -0.2) is 0 Å². The van der Waals surface area contributed by atoms with E-state index >= 15 is 0 Å². The number of phenolic OH excluding ortho intramolecular Hbond substituents is 2. The summed E-state index contributed by atoms with van der Waals surface area (Å²) in [4.78, 5) is 0. The van der Waals surface area contributed by atoms with Gasteiger partial charge < -0.3 is 21.3 Å². The van der Waals surface area contributed by atoms with Gasteiger partial charge in [-0.1, -0.05) is 13.0 Å². The van der Waals surface area contributed by atoms with Crippen LogP contribution in [-0.4, -0.2) is 22.3 Å². The lowest BCUT2D eigenvalue weighted by molar-refractivity contribution is 0.400. The summed E-state index contributed by atoms with van der Waals surface area (Å²) >= 11 is 0. The van der Waals surface area contributed by atoms with Crippen molar-refractivity contribution in [3.63, 3.8) is 0 Å². The van der Waals surface area contributed by atoms with Gasteiger partial charge in [0.25, 0.3) is 0 Å². The van der Waals surface area contributed by atoms with Crippen LogP contribution in [-0.2, 0) is 6.54 Å². The fourth-order valence-corrected chi connectivity index (χ4v) is 1.46. The standard InChI is InChI=1S/C13H22N2O2/c1-3-13(2,14)6-7-15-9-10-4-5-11(16)12(17)8-10/h4-5,8,15-17H,3,6-7,9,14H2,1-2H3. The number of benzene rings is 1. The zero-order valence-corrected chi connectivity index (χ0v) is 10.5. The number of nitrogens with two attached hydrogens (primary N) is 1. The average molecular weight is 238 g/mol. The van der Waals surface area contributed by atoms with E-state index in [9.17, 15) is 5.11 Å². The Bertz CT molecular complexity index is 364. The Kier molecular flexibility index (Phi) is 4.78. The molecule has 0 spiro atoms. The molecule has 96 valence electrons. The summed E-state index contributed by atoms with van der Waals surface area (Å²) in [5.41, 5.74) is 6.85. The Morgan fingerprint density at radius 3 is 2.59 bits per heavy atom. The predicted octanol–water partition coefficient (Wildman–Crippen LogP) is 1.70. The molecule has 0 bridgehead atoms. The minimum absolute atomic E-state index is 0.0819. The molecule has 0 heterocycles. The third-order valence-corrected chi connectivity index (χ3v) is 3.05. The molecule has 0 aliphatic rings. The van der Waals surface area contributed by atoms with E-state index in [1.165, 1.54) is 6.07 Å². The predicted molar refractivity (Wildman–Crippen MR) is 69.0 cm³/mol. The molecule has 17 heavy (non-hydrogen) atoms. The second-order valence-corrected chi connectivity index (χ2v) is 4.76. The van der Waals surface area contributed by atoms with E-state index in [1.807, 2.05) is 6.92 Å². The maximum Gasteiger partial charge on any atom is 0.157 e. The molecule has 1 rings (SSSR count). The molecule has 1 aromatic rings. The number of rotatable bonds is 6. The lowest BCUT2D eigenvalue weighted by Crippen LogP contribution is -2.38. The first-order valence-electron chi connectivity index (χ1n) is 5.95. The van der Waals surface area contributed by atoms with Crippen molar-refractivity contribution in [2.75, 3.05) is 6.54 Å². The number of nitrogens with one attached hydrogen (secondary N) is 1. The monoisotopic (exact) mass is 238 g/mol. The van der Waals surface area contributed by atoms with Crippen LogP contribution < -0.4 is 11.1 Å². The van der Waals surface area contributed by atoms with E-state index in [4.69, 9.17) is 10.8 Å². The average Bonchev–Trinajstić information content (AvgIpc) is 2.29. The Hall–Kier alpha value is -1.26. The molecule has 1 atom stereocenters. The zero-order chi connectivity index (χ0) is 12.9. The topological polar surface area (TPSA) is 78.5 Å². The van der Waals surface area contributed by atoms with Crippen LogP contribution >= 0.6 is 0 Å². The fourth-order valence-electron chi connectivity index (χ4n) is 1.46. The first-order valence-corrected chi connectivity index (χ1v) is 5.95. The molecule has 0 aliphatic heterocycles. The number of phenols is 2. The summed E-state index contributed by atoms with van der Waals surface area (Å²) in [5.74, 6) is -0.171. The zero-order valence-electron chi connectivity index (χ0n) is 10.5. The highest BCUT2D eigenvalue weighted by molar-refractivity contribution is 5.40. The van der Waals surface area contributed by atoms with E-state index in [1.54, 1.807) is 12.1 Å². The second kappa shape index (κ2) is 5.89. The maximum absolute atomic E-state index is 9.33. The molecule has 0 fully saturated rings. The second-order valence-electron chi connectivity index (χ2n) is 4.76. The van der Waals surface area contributed by atoms with Gasteiger partial charge in [-0.2, -0.15) is 0 Å². The first-order chi connectivity index (χ1) is 7.94. The van der Waals surface area contributed by atoms with Crippen molar-refractivity contribution in [2.45, 2.75) is 38.8 Å². The number of hydrogen-bond donors (Lipinski definition) is 4. The number of hydrogen-bond acceptors (Lipinski definition) is 4. The van der Waals surface area contributed by atoms with Gasteiger partial charge in [0.2, 0.25) is 0 Å². The van der Waals surface area contributed by atoms with Crippen LogP contribution in [0.2, 0.25) is 0 Å². The summed E-state index contributed by atoms with van der Waals surface area (Å²) in [6.45, 7) is 5.62. The van der Waals surface area contributed by atoms with Gasteiger partial charge >= 0.3 is 0 Å². The summed E-state index contributed by atoms with van der Waals surface area (Å²) in [6, 6.07) is 4.83. The molecule has 0 amide bonds. The van der Waals surface area contributed by atoms with Crippen molar-refractivity contribution in [1.82, 2.24) is 5.32 Å². The van der Waals surface area contributed by atoms with Gasteiger partial charge in [0.1, 0.15) is 0 Å². The van der Waals surface area contributed by atoms with E-state index in [2.05, 4.69) is 12.2 Å². The molecule has 5 N–H and O–H groups in total. The molecule has 0 aromatic heterocycles. The van der Waals surface area contributed by atoms with Gasteiger partial charge in [-0.15, -0.1) is 0 Å².